The zero-order chi connectivity index (χ0) is 26.4. The lowest BCUT2D eigenvalue weighted by Crippen LogP contribution is -2.15. The van der Waals surface area contributed by atoms with Gasteiger partial charge in [-0.15, -0.1) is 0 Å². The van der Waals surface area contributed by atoms with Crippen LogP contribution in [-0.2, 0) is 13.0 Å². The first kappa shape index (κ1) is 24.3. The van der Waals surface area contributed by atoms with Gasteiger partial charge in [0.15, 0.2) is 0 Å². The fourth-order valence-corrected chi connectivity index (χ4v) is 5.82. The first-order chi connectivity index (χ1) is 18.4. The molecule has 3 aromatic carbocycles. The number of nitrogens with one attached hydrogen (secondary N) is 1. The number of rotatable bonds is 5. The largest absolute Gasteiger partial charge is 0.325 e. The van der Waals surface area contributed by atoms with Crippen molar-refractivity contribution in [3.63, 3.8) is 0 Å². The smallest absolute Gasteiger partial charge is 0.273 e. The van der Waals surface area contributed by atoms with Crippen LogP contribution in [0.25, 0.3) is 28.0 Å². The van der Waals surface area contributed by atoms with Gasteiger partial charge < -0.3 is 9.88 Å². The lowest BCUT2D eigenvalue weighted by Gasteiger charge is -2.12. The van der Waals surface area contributed by atoms with E-state index in [1.165, 1.54) is 22.3 Å². The van der Waals surface area contributed by atoms with Crippen molar-refractivity contribution >= 4 is 17.2 Å². The molecule has 0 fully saturated rings. The summed E-state index contributed by atoms with van der Waals surface area (Å²) in [5, 5.41) is 3.21. The Balaban J connectivity index is 1.59. The Hall–Kier alpha value is -4.05. The van der Waals surface area contributed by atoms with Crippen LogP contribution in [0.4, 0.5) is 5.69 Å². The molecule has 0 radical (unpaired) electrons. The number of anilines is 1. The zero-order valence-corrected chi connectivity index (χ0v) is 22.7. The van der Waals surface area contributed by atoms with E-state index in [2.05, 4.69) is 89.8 Å². The number of carbonyl (C=O) groups is 1. The third-order valence-corrected chi connectivity index (χ3v) is 7.84. The Morgan fingerprint density at radius 3 is 2.32 bits per heavy atom. The molecule has 1 N–H and O–H groups in total. The molecule has 0 saturated heterocycles. The predicted octanol–water partition coefficient (Wildman–Crippen LogP) is 8.40. The Labute approximate surface area is 224 Å². The third kappa shape index (κ3) is 4.24. The number of nitrogens with zero attached hydrogens (tertiary/aromatic N) is 2. The summed E-state index contributed by atoms with van der Waals surface area (Å²) in [6.45, 7) is 9.54. The number of aryl methyl sites for hydroxylation is 4. The molecular formula is C34H35N3O. The maximum absolute atomic E-state index is 14.1. The Kier molecular flexibility index (Phi) is 6.19. The molecule has 4 nitrogen and oxygen atoms in total. The minimum Gasteiger partial charge on any atom is -0.325 e. The van der Waals surface area contributed by atoms with Crippen LogP contribution in [0.5, 0.6) is 0 Å². The summed E-state index contributed by atoms with van der Waals surface area (Å²) >= 11 is 0. The molecule has 2 aromatic heterocycles. The van der Waals surface area contributed by atoms with Crippen molar-refractivity contribution < 1.29 is 4.79 Å². The van der Waals surface area contributed by atoms with Crippen molar-refractivity contribution in [1.82, 2.24) is 8.97 Å². The van der Waals surface area contributed by atoms with Gasteiger partial charge in [-0.2, -0.15) is 0 Å². The number of hydrogen-bond donors (Lipinski definition) is 1. The lowest BCUT2D eigenvalue weighted by molar-refractivity contribution is 0.102. The molecule has 0 aliphatic carbocycles. The van der Waals surface area contributed by atoms with Gasteiger partial charge in [-0.1, -0.05) is 80.1 Å². The Morgan fingerprint density at radius 1 is 0.868 bits per heavy atom. The molecule has 0 bridgehead atoms. The van der Waals surface area contributed by atoms with E-state index in [0.717, 1.165) is 59.5 Å². The van der Waals surface area contributed by atoms with Crippen molar-refractivity contribution in [2.24, 2.45) is 0 Å². The summed E-state index contributed by atoms with van der Waals surface area (Å²) in [7, 11) is 0. The van der Waals surface area contributed by atoms with Crippen LogP contribution < -0.4 is 5.32 Å². The predicted molar refractivity (Wildman–Crippen MR) is 157 cm³/mol. The van der Waals surface area contributed by atoms with Gasteiger partial charge in [-0.05, 0) is 73.4 Å². The first-order valence-electron chi connectivity index (χ1n) is 13.7. The Bertz CT molecular complexity index is 1630. The molecule has 1 aliphatic rings. The van der Waals surface area contributed by atoms with Crippen molar-refractivity contribution in [2.45, 2.75) is 59.4 Å². The van der Waals surface area contributed by atoms with Crippen LogP contribution in [0, 0.1) is 13.8 Å². The van der Waals surface area contributed by atoms with E-state index < -0.39 is 0 Å². The fraction of sp³-hybridized carbons (Fsp3) is 0.265. The van der Waals surface area contributed by atoms with E-state index in [4.69, 9.17) is 0 Å². The van der Waals surface area contributed by atoms with Crippen molar-refractivity contribution in [2.75, 3.05) is 5.32 Å². The topological polar surface area (TPSA) is 38.4 Å². The molecule has 4 heteroatoms. The van der Waals surface area contributed by atoms with Gasteiger partial charge in [-0.3, -0.25) is 9.20 Å². The molecule has 192 valence electrons. The van der Waals surface area contributed by atoms with E-state index in [1.54, 1.807) is 0 Å². The molecule has 1 amide bonds. The zero-order valence-electron chi connectivity index (χ0n) is 22.7. The van der Waals surface area contributed by atoms with Crippen molar-refractivity contribution in [1.29, 1.82) is 0 Å². The van der Waals surface area contributed by atoms with Crippen LogP contribution in [0.1, 0.15) is 65.3 Å². The third-order valence-electron chi connectivity index (χ3n) is 7.84. The van der Waals surface area contributed by atoms with Gasteiger partial charge >= 0.3 is 0 Å². The number of aromatic nitrogens is 2. The van der Waals surface area contributed by atoms with Crippen LogP contribution in [0.15, 0.2) is 79.0 Å². The quantitative estimate of drug-likeness (QED) is 0.258. The molecule has 0 spiro atoms. The average Bonchev–Trinajstić information content (AvgIpc) is 3.32. The standard InChI is InChI=1S/C34H35N3O/c1-22(2)25-15-17-27(18-16-25)31-29-10-5-6-19-36-30(26-13-11-23(3)12-14-26)21-37(34(29)36)32(31)33(38)35-28-9-7-8-24(4)20-28/h7-9,11-18,20-22H,5-6,10,19H2,1-4H3,(H,35,38). The van der Waals surface area contributed by atoms with E-state index in [9.17, 15) is 4.79 Å². The SMILES string of the molecule is Cc1ccc(-c2cn3c(C(=O)Nc4cccc(C)c4)c(-c4ccc(C(C)C)cc4)c4c3n2CCCC4)cc1. The van der Waals surface area contributed by atoms with Gasteiger partial charge in [0.25, 0.3) is 5.91 Å². The highest BCUT2D eigenvalue weighted by Gasteiger charge is 2.29. The summed E-state index contributed by atoms with van der Waals surface area (Å²) in [6, 6.07) is 25.5. The molecular weight excluding hydrogens is 466 g/mol. The number of benzene rings is 3. The maximum Gasteiger partial charge on any atom is 0.273 e. The van der Waals surface area contributed by atoms with Crippen LogP contribution >= 0.6 is 0 Å². The lowest BCUT2D eigenvalue weighted by atomic mass is 9.95. The fourth-order valence-electron chi connectivity index (χ4n) is 5.82. The number of amides is 1. The van der Waals surface area contributed by atoms with Crippen LogP contribution in [0.3, 0.4) is 0 Å². The van der Waals surface area contributed by atoms with Crippen molar-refractivity contribution in [3.05, 3.63) is 107 Å². The average molecular weight is 502 g/mol. The number of carbonyl (C=O) groups excluding carboxylic acids is 1. The summed E-state index contributed by atoms with van der Waals surface area (Å²) in [5.41, 5.74) is 12.1. The molecule has 0 atom stereocenters. The first-order valence-corrected chi connectivity index (χ1v) is 13.7. The summed E-state index contributed by atoms with van der Waals surface area (Å²) in [4.78, 5) is 14.1. The second-order valence-electron chi connectivity index (χ2n) is 11.0. The van der Waals surface area contributed by atoms with Gasteiger partial charge in [0.1, 0.15) is 11.3 Å². The van der Waals surface area contributed by atoms with E-state index in [1.807, 2.05) is 31.2 Å². The van der Waals surface area contributed by atoms with Gasteiger partial charge in [0.2, 0.25) is 0 Å². The Morgan fingerprint density at radius 2 is 1.61 bits per heavy atom. The second-order valence-corrected chi connectivity index (χ2v) is 11.0. The van der Waals surface area contributed by atoms with Crippen molar-refractivity contribution in [3.8, 4) is 22.4 Å². The number of imidazole rings is 1. The molecule has 1 aliphatic heterocycles. The molecule has 38 heavy (non-hydrogen) atoms. The minimum atomic E-state index is -0.0760. The minimum absolute atomic E-state index is 0.0760. The maximum atomic E-state index is 14.1. The molecule has 0 saturated carbocycles. The highest BCUT2D eigenvalue weighted by atomic mass is 16.1. The summed E-state index contributed by atoms with van der Waals surface area (Å²) in [5.74, 6) is 0.386. The van der Waals surface area contributed by atoms with Gasteiger partial charge in [0.05, 0.1) is 5.69 Å². The van der Waals surface area contributed by atoms with Crippen LogP contribution in [-0.4, -0.2) is 14.9 Å². The monoisotopic (exact) mass is 501 g/mol. The van der Waals surface area contributed by atoms with E-state index in [0.29, 0.717) is 11.6 Å². The normalized spacial score (nSPS) is 13.2. The van der Waals surface area contributed by atoms with E-state index >= 15 is 0 Å². The second kappa shape index (κ2) is 9.68. The highest BCUT2D eigenvalue weighted by molar-refractivity contribution is 6.10. The van der Waals surface area contributed by atoms with Gasteiger partial charge in [-0.25, -0.2) is 0 Å². The molecule has 5 aromatic rings. The highest BCUT2D eigenvalue weighted by Crippen LogP contribution is 2.40. The summed E-state index contributed by atoms with van der Waals surface area (Å²) in [6.07, 6.45) is 5.35. The molecule has 3 heterocycles. The molecule has 0 unspecified atom stereocenters. The number of hydrogen-bond acceptors (Lipinski definition) is 1. The van der Waals surface area contributed by atoms with Crippen LogP contribution in [0.2, 0.25) is 0 Å². The van der Waals surface area contributed by atoms with Gasteiger partial charge in [0, 0.05) is 29.6 Å². The van der Waals surface area contributed by atoms with E-state index in [-0.39, 0.29) is 5.91 Å². The summed E-state index contributed by atoms with van der Waals surface area (Å²) < 4.78 is 4.59. The molecule has 6 rings (SSSR count).